The average molecular weight is 345 g/mol. The zero-order valence-electron chi connectivity index (χ0n) is 12.4. The van der Waals surface area contributed by atoms with E-state index < -0.39 is 0 Å². The van der Waals surface area contributed by atoms with Gasteiger partial charge in [-0.25, -0.2) is 0 Å². The van der Waals surface area contributed by atoms with Gasteiger partial charge in [-0.3, -0.25) is 0 Å². The van der Waals surface area contributed by atoms with Crippen molar-refractivity contribution in [1.29, 1.82) is 0 Å². The Morgan fingerprint density at radius 2 is 1.90 bits per heavy atom. The Hall–Kier alpha value is -1.48. The van der Waals surface area contributed by atoms with Gasteiger partial charge in [-0.2, -0.15) is 0 Å². The van der Waals surface area contributed by atoms with Crippen LogP contribution in [0.4, 0.5) is 11.4 Å². The quantitative estimate of drug-likeness (QED) is 0.842. The monoisotopic (exact) mass is 344 g/mol. The van der Waals surface area contributed by atoms with Gasteiger partial charge in [-0.15, -0.1) is 0 Å². The summed E-state index contributed by atoms with van der Waals surface area (Å²) in [7, 11) is 0. The maximum atomic E-state index is 3.64. The van der Waals surface area contributed by atoms with E-state index in [2.05, 4.69) is 75.5 Å². The van der Waals surface area contributed by atoms with Crippen LogP contribution in [0.1, 0.15) is 24.0 Å². The summed E-state index contributed by atoms with van der Waals surface area (Å²) >= 11 is 3.64. The highest BCUT2D eigenvalue weighted by Gasteiger charge is 2.12. The molecule has 0 saturated carbocycles. The Balaban J connectivity index is 1.68. The van der Waals surface area contributed by atoms with Crippen LogP contribution < -0.4 is 10.2 Å². The molecule has 2 aromatic rings. The number of hydrogen-bond donors (Lipinski definition) is 1. The minimum absolute atomic E-state index is 0.838. The van der Waals surface area contributed by atoms with Crippen molar-refractivity contribution in [2.24, 2.45) is 0 Å². The van der Waals surface area contributed by atoms with Gasteiger partial charge in [0.25, 0.3) is 0 Å². The minimum atomic E-state index is 0.838. The first kappa shape index (κ1) is 14.5. The predicted molar refractivity (Wildman–Crippen MR) is 94.1 cm³/mol. The second kappa shape index (κ2) is 6.52. The van der Waals surface area contributed by atoms with Crippen molar-refractivity contribution < 1.29 is 0 Å². The molecule has 1 aliphatic heterocycles. The molecular weight excluding hydrogens is 324 g/mol. The molecule has 1 aliphatic rings. The summed E-state index contributed by atoms with van der Waals surface area (Å²) in [6.07, 6.45) is 2.63. The van der Waals surface area contributed by atoms with E-state index in [-0.39, 0.29) is 0 Å². The van der Waals surface area contributed by atoms with Crippen molar-refractivity contribution in [3.8, 4) is 0 Å². The van der Waals surface area contributed by atoms with Crippen LogP contribution in [0.5, 0.6) is 0 Å². The number of halogens is 1. The molecular formula is C18H21BrN2. The number of aryl methyl sites for hydroxylation is 1. The topological polar surface area (TPSA) is 15.3 Å². The number of nitrogens with one attached hydrogen (secondary N) is 1. The van der Waals surface area contributed by atoms with E-state index in [9.17, 15) is 0 Å². The molecule has 3 rings (SSSR count). The molecule has 2 nitrogen and oxygen atoms in total. The number of rotatable bonds is 4. The maximum absolute atomic E-state index is 3.64. The van der Waals surface area contributed by atoms with E-state index in [1.807, 2.05) is 0 Å². The first-order valence-corrected chi connectivity index (χ1v) is 8.35. The molecule has 0 aromatic heterocycles. The molecule has 0 radical (unpaired) electrons. The van der Waals surface area contributed by atoms with Crippen molar-refractivity contribution in [2.75, 3.05) is 23.3 Å². The molecule has 0 aliphatic carbocycles. The van der Waals surface area contributed by atoms with Gasteiger partial charge >= 0.3 is 0 Å². The molecule has 1 N–H and O–H groups in total. The molecule has 3 heteroatoms. The summed E-state index contributed by atoms with van der Waals surface area (Å²) < 4.78 is 1.17. The van der Waals surface area contributed by atoms with Crippen molar-refractivity contribution in [3.05, 3.63) is 58.1 Å². The van der Waals surface area contributed by atoms with Gasteiger partial charge in [0, 0.05) is 35.5 Å². The third-order valence-electron chi connectivity index (χ3n) is 4.01. The average Bonchev–Trinajstić information content (AvgIpc) is 3.01. The van der Waals surface area contributed by atoms with Crippen LogP contribution in [0.15, 0.2) is 46.9 Å². The molecule has 0 unspecified atom stereocenters. The van der Waals surface area contributed by atoms with E-state index in [1.54, 1.807) is 0 Å². The molecule has 110 valence electrons. The summed E-state index contributed by atoms with van der Waals surface area (Å²) in [5.41, 5.74) is 5.08. The zero-order chi connectivity index (χ0) is 14.7. The predicted octanol–water partition coefficient (Wildman–Crippen LogP) is 4.97. The minimum Gasteiger partial charge on any atom is -0.381 e. The smallest absolute Gasteiger partial charge is 0.0412 e. The fraction of sp³-hybridized carbons (Fsp3) is 0.333. The summed E-state index contributed by atoms with van der Waals surface area (Å²) in [6, 6.07) is 15.2. The highest BCUT2D eigenvalue weighted by atomic mass is 79.9. The van der Waals surface area contributed by atoms with Crippen LogP contribution in [0.25, 0.3) is 0 Å². The van der Waals surface area contributed by atoms with Crippen molar-refractivity contribution in [3.63, 3.8) is 0 Å². The zero-order valence-corrected chi connectivity index (χ0v) is 14.0. The first-order chi connectivity index (χ1) is 10.2. The Kier molecular flexibility index (Phi) is 4.49. The van der Waals surface area contributed by atoms with Crippen LogP contribution in [0.2, 0.25) is 0 Å². The SMILES string of the molecule is Cc1ccc(CNc2cccc(N3CCCC3)c2)c(Br)c1. The summed E-state index contributed by atoms with van der Waals surface area (Å²) in [4.78, 5) is 2.47. The van der Waals surface area contributed by atoms with Crippen molar-refractivity contribution >= 4 is 27.3 Å². The lowest BCUT2D eigenvalue weighted by molar-refractivity contribution is 0.949. The van der Waals surface area contributed by atoms with E-state index in [1.165, 1.54) is 52.9 Å². The van der Waals surface area contributed by atoms with Crippen LogP contribution in [-0.2, 0) is 6.54 Å². The Labute approximate surface area is 135 Å². The molecule has 21 heavy (non-hydrogen) atoms. The van der Waals surface area contributed by atoms with Gasteiger partial charge in [0.15, 0.2) is 0 Å². The molecule has 2 aromatic carbocycles. The Bertz CT molecular complexity index is 618. The standard InChI is InChI=1S/C18H21BrN2/c1-14-7-8-15(18(19)11-14)13-20-16-5-4-6-17(12-16)21-9-2-3-10-21/h4-8,11-12,20H,2-3,9-10,13H2,1H3. The van der Waals surface area contributed by atoms with E-state index in [4.69, 9.17) is 0 Å². The lowest BCUT2D eigenvalue weighted by Gasteiger charge is -2.19. The third kappa shape index (κ3) is 3.59. The van der Waals surface area contributed by atoms with E-state index >= 15 is 0 Å². The number of hydrogen-bond acceptors (Lipinski definition) is 2. The lowest BCUT2D eigenvalue weighted by atomic mass is 10.1. The third-order valence-corrected chi connectivity index (χ3v) is 4.75. The number of anilines is 2. The van der Waals surface area contributed by atoms with Crippen LogP contribution >= 0.6 is 15.9 Å². The van der Waals surface area contributed by atoms with Gasteiger partial charge in [0.1, 0.15) is 0 Å². The van der Waals surface area contributed by atoms with Crippen molar-refractivity contribution in [1.82, 2.24) is 0 Å². The lowest BCUT2D eigenvalue weighted by Crippen LogP contribution is -2.17. The summed E-state index contributed by atoms with van der Waals surface area (Å²) in [5, 5.41) is 3.53. The highest BCUT2D eigenvalue weighted by molar-refractivity contribution is 9.10. The van der Waals surface area contributed by atoms with Gasteiger partial charge in [0.05, 0.1) is 0 Å². The maximum Gasteiger partial charge on any atom is 0.0412 e. The van der Waals surface area contributed by atoms with Gasteiger partial charge in [-0.05, 0) is 55.2 Å². The highest BCUT2D eigenvalue weighted by Crippen LogP contribution is 2.24. The summed E-state index contributed by atoms with van der Waals surface area (Å²) in [5.74, 6) is 0. The summed E-state index contributed by atoms with van der Waals surface area (Å²) in [6.45, 7) is 5.33. The second-order valence-electron chi connectivity index (χ2n) is 5.69. The normalized spacial score (nSPS) is 14.5. The molecule has 0 spiro atoms. The van der Waals surface area contributed by atoms with Gasteiger partial charge < -0.3 is 10.2 Å². The van der Waals surface area contributed by atoms with Crippen LogP contribution in [0, 0.1) is 6.92 Å². The first-order valence-electron chi connectivity index (χ1n) is 7.56. The Morgan fingerprint density at radius 3 is 2.67 bits per heavy atom. The van der Waals surface area contributed by atoms with E-state index in [0.29, 0.717) is 0 Å². The number of benzene rings is 2. The fourth-order valence-corrected chi connectivity index (χ4v) is 3.41. The molecule has 1 saturated heterocycles. The molecule has 1 fully saturated rings. The molecule has 0 bridgehead atoms. The van der Waals surface area contributed by atoms with Crippen LogP contribution in [-0.4, -0.2) is 13.1 Å². The second-order valence-corrected chi connectivity index (χ2v) is 6.55. The van der Waals surface area contributed by atoms with Crippen molar-refractivity contribution in [2.45, 2.75) is 26.3 Å². The van der Waals surface area contributed by atoms with Crippen LogP contribution in [0.3, 0.4) is 0 Å². The molecule has 0 amide bonds. The Morgan fingerprint density at radius 1 is 1.10 bits per heavy atom. The van der Waals surface area contributed by atoms with E-state index in [0.717, 1.165) is 6.54 Å². The molecule has 0 atom stereocenters. The van der Waals surface area contributed by atoms with Gasteiger partial charge in [0.2, 0.25) is 0 Å². The largest absolute Gasteiger partial charge is 0.381 e. The fourth-order valence-electron chi connectivity index (χ4n) is 2.78. The van der Waals surface area contributed by atoms with Gasteiger partial charge in [-0.1, -0.05) is 34.1 Å². The number of nitrogens with zero attached hydrogens (tertiary/aromatic N) is 1. The molecule has 1 heterocycles.